The van der Waals surface area contributed by atoms with E-state index in [9.17, 15) is 4.79 Å². The van der Waals surface area contributed by atoms with Crippen molar-refractivity contribution in [2.75, 3.05) is 27.7 Å². The lowest BCUT2D eigenvalue weighted by atomic mass is 10.0. The second-order valence-corrected chi connectivity index (χ2v) is 5.60. The van der Waals surface area contributed by atoms with Gasteiger partial charge in [0.25, 0.3) is 0 Å². The van der Waals surface area contributed by atoms with Crippen molar-refractivity contribution < 1.29 is 13.9 Å². The molecule has 1 heterocycles. The van der Waals surface area contributed by atoms with Crippen molar-refractivity contribution in [2.24, 2.45) is 0 Å². The lowest BCUT2D eigenvalue weighted by molar-refractivity contribution is -0.121. The molecule has 1 amide bonds. The van der Waals surface area contributed by atoms with Crippen molar-refractivity contribution in [3.8, 4) is 5.75 Å². The molecule has 0 saturated carbocycles. The number of hydrogen-bond acceptors (Lipinski definition) is 4. The summed E-state index contributed by atoms with van der Waals surface area (Å²) in [7, 11) is 5.64. The summed E-state index contributed by atoms with van der Waals surface area (Å²) in [6.07, 6.45) is 2.65. The SMILES string of the molecule is COc1ccccc1C(CNC(=O)CCc1ccco1)N(C)C. The number of carbonyl (C=O) groups excluding carboxylic acids is 1. The average molecular weight is 316 g/mol. The van der Waals surface area contributed by atoms with Gasteiger partial charge in [-0.3, -0.25) is 4.79 Å². The smallest absolute Gasteiger partial charge is 0.220 e. The highest BCUT2D eigenvalue weighted by atomic mass is 16.5. The standard InChI is InChI=1S/C18H24N2O3/c1-20(2)16(15-8-4-5-9-17(15)22-3)13-19-18(21)11-10-14-7-6-12-23-14/h4-9,12,16H,10-11,13H2,1-3H3,(H,19,21). The van der Waals surface area contributed by atoms with Gasteiger partial charge in [-0.15, -0.1) is 0 Å². The summed E-state index contributed by atoms with van der Waals surface area (Å²) in [4.78, 5) is 14.1. The number of hydrogen-bond donors (Lipinski definition) is 1. The number of likely N-dealkylation sites (N-methyl/N-ethyl adjacent to an activating group) is 1. The zero-order chi connectivity index (χ0) is 16.7. The van der Waals surface area contributed by atoms with Gasteiger partial charge in [-0.25, -0.2) is 0 Å². The van der Waals surface area contributed by atoms with Crippen molar-refractivity contribution in [3.63, 3.8) is 0 Å². The van der Waals surface area contributed by atoms with Crippen LogP contribution >= 0.6 is 0 Å². The van der Waals surface area contributed by atoms with Gasteiger partial charge in [0.05, 0.1) is 19.4 Å². The maximum absolute atomic E-state index is 12.0. The molecule has 0 bridgehead atoms. The molecule has 23 heavy (non-hydrogen) atoms. The Morgan fingerprint density at radius 2 is 2.04 bits per heavy atom. The first-order chi connectivity index (χ1) is 11.1. The van der Waals surface area contributed by atoms with E-state index in [4.69, 9.17) is 9.15 Å². The zero-order valence-electron chi connectivity index (χ0n) is 13.9. The topological polar surface area (TPSA) is 54.7 Å². The Morgan fingerprint density at radius 1 is 1.26 bits per heavy atom. The summed E-state index contributed by atoms with van der Waals surface area (Å²) in [5.41, 5.74) is 1.06. The third kappa shape index (κ3) is 4.86. The average Bonchev–Trinajstić information content (AvgIpc) is 3.06. The fourth-order valence-corrected chi connectivity index (χ4v) is 2.50. The molecule has 0 aliphatic carbocycles. The number of para-hydroxylation sites is 1. The molecule has 1 unspecified atom stereocenters. The third-order valence-corrected chi connectivity index (χ3v) is 3.79. The monoisotopic (exact) mass is 316 g/mol. The van der Waals surface area contributed by atoms with Crippen LogP contribution in [0.15, 0.2) is 47.1 Å². The first-order valence-electron chi connectivity index (χ1n) is 7.70. The van der Waals surface area contributed by atoms with Gasteiger partial charge in [-0.2, -0.15) is 0 Å². The van der Waals surface area contributed by atoms with Gasteiger partial charge < -0.3 is 19.4 Å². The molecule has 1 aromatic carbocycles. The molecule has 0 aliphatic heterocycles. The number of amides is 1. The predicted octanol–water partition coefficient (Wildman–Crippen LogP) is 2.64. The quantitative estimate of drug-likeness (QED) is 0.813. The van der Waals surface area contributed by atoms with Gasteiger partial charge in [0.2, 0.25) is 5.91 Å². The van der Waals surface area contributed by atoms with E-state index in [1.807, 2.05) is 50.5 Å². The van der Waals surface area contributed by atoms with Gasteiger partial charge >= 0.3 is 0 Å². The van der Waals surface area contributed by atoms with Crippen LogP contribution in [-0.2, 0) is 11.2 Å². The second-order valence-electron chi connectivity index (χ2n) is 5.60. The van der Waals surface area contributed by atoms with Crippen LogP contribution < -0.4 is 10.1 Å². The lowest BCUT2D eigenvalue weighted by Gasteiger charge is -2.26. The number of benzene rings is 1. The molecule has 0 spiro atoms. The summed E-state index contributed by atoms with van der Waals surface area (Å²) < 4.78 is 10.7. The molecule has 124 valence electrons. The van der Waals surface area contributed by atoms with Crippen LogP contribution in [0.25, 0.3) is 0 Å². The number of aryl methyl sites for hydroxylation is 1. The maximum atomic E-state index is 12.0. The van der Waals surface area contributed by atoms with Crippen molar-refractivity contribution in [1.82, 2.24) is 10.2 Å². The predicted molar refractivity (Wildman–Crippen MR) is 89.5 cm³/mol. The number of nitrogens with one attached hydrogen (secondary N) is 1. The Labute approximate surface area is 137 Å². The molecule has 0 radical (unpaired) electrons. The van der Waals surface area contributed by atoms with Crippen LogP contribution in [0.3, 0.4) is 0 Å². The minimum absolute atomic E-state index is 0.0168. The van der Waals surface area contributed by atoms with Crippen molar-refractivity contribution in [3.05, 3.63) is 54.0 Å². The Balaban J connectivity index is 1.93. The highest BCUT2D eigenvalue weighted by Gasteiger charge is 2.18. The first-order valence-corrected chi connectivity index (χ1v) is 7.70. The minimum Gasteiger partial charge on any atom is -0.496 e. The van der Waals surface area contributed by atoms with Gasteiger partial charge in [0.1, 0.15) is 11.5 Å². The number of nitrogens with zero attached hydrogens (tertiary/aromatic N) is 1. The van der Waals surface area contributed by atoms with Crippen molar-refractivity contribution in [1.29, 1.82) is 0 Å². The van der Waals surface area contributed by atoms with Gasteiger partial charge in [0.15, 0.2) is 0 Å². The minimum atomic E-state index is 0.0168. The van der Waals surface area contributed by atoms with E-state index < -0.39 is 0 Å². The summed E-state index contributed by atoms with van der Waals surface area (Å²) in [6.45, 7) is 0.532. The largest absolute Gasteiger partial charge is 0.496 e. The molecule has 1 aromatic heterocycles. The Morgan fingerprint density at radius 3 is 2.70 bits per heavy atom. The van der Waals surface area contributed by atoms with E-state index in [0.29, 0.717) is 19.4 Å². The van der Waals surface area contributed by atoms with E-state index in [0.717, 1.165) is 17.1 Å². The van der Waals surface area contributed by atoms with Crippen LogP contribution in [0, 0.1) is 0 Å². The molecular weight excluding hydrogens is 292 g/mol. The number of furan rings is 1. The highest BCUT2D eigenvalue weighted by Crippen LogP contribution is 2.27. The van der Waals surface area contributed by atoms with E-state index in [1.54, 1.807) is 13.4 Å². The van der Waals surface area contributed by atoms with E-state index >= 15 is 0 Å². The molecule has 5 heteroatoms. The summed E-state index contributed by atoms with van der Waals surface area (Å²) in [5, 5.41) is 3.00. The summed E-state index contributed by atoms with van der Waals surface area (Å²) in [5.74, 6) is 1.67. The zero-order valence-corrected chi connectivity index (χ0v) is 13.9. The molecular formula is C18H24N2O3. The van der Waals surface area contributed by atoms with E-state index in [-0.39, 0.29) is 11.9 Å². The normalized spacial score (nSPS) is 12.2. The van der Waals surface area contributed by atoms with Crippen LogP contribution in [-0.4, -0.2) is 38.6 Å². The molecule has 0 saturated heterocycles. The molecule has 1 atom stereocenters. The van der Waals surface area contributed by atoms with Crippen LogP contribution in [0.1, 0.15) is 23.8 Å². The Kier molecular flexibility index (Phi) is 6.23. The molecule has 5 nitrogen and oxygen atoms in total. The Hall–Kier alpha value is -2.27. The maximum Gasteiger partial charge on any atom is 0.220 e. The molecule has 2 aromatic rings. The Bertz CT molecular complexity index is 608. The molecule has 0 fully saturated rings. The molecule has 1 N–H and O–H groups in total. The van der Waals surface area contributed by atoms with Gasteiger partial charge in [0, 0.05) is 24.9 Å². The summed E-state index contributed by atoms with van der Waals surface area (Å²) >= 11 is 0. The van der Waals surface area contributed by atoms with Crippen molar-refractivity contribution in [2.45, 2.75) is 18.9 Å². The van der Waals surface area contributed by atoms with Crippen LogP contribution in [0.2, 0.25) is 0 Å². The lowest BCUT2D eigenvalue weighted by Crippen LogP contribution is -2.34. The molecule has 2 rings (SSSR count). The number of rotatable bonds is 8. The second kappa shape index (κ2) is 8.39. The number of ether oxygens (including phenoxy) is 1. The van der Waals surface area contributed by atoms with Crippen LogP contribution in [0.4, 0.5) is 0 Å². The number of methoxy groups -OCH3 is 1. The highest BCUT2D eigenvalue weighted by molar-refractivity contribution is 5.76. The van der Waals surface area contributed by atoms with Crippen LogP contribution in [0.5, 0.6) is 5.75 Å². The first kappa shape index (κ1) is 17.1. The van der Waals surface area contributed by atoms with E-state index in [1.165, 1.54) is 0 Å². The fourth-order valence-electron chi connectivity index (χ4n) is 2.50. The molecule has 0 aliphatic rings. The number of carbonyl (C=O) groups is 1. The third-order valence-electron chi connectivity index (χ3n) is 3.79. The van der Waals surface area contributed by atoms with E-state index in [2.05, 4.69) is 10.2 Å². The van der Waals surface area contributed by atoms with Gasteiger partial charge in [-0.05, 0) is 32.3 Å². The van der Waals surface area contributed by atoms with Crippen molar-refractivity contribution >= 4 is 5.91 Å². The van der Waals surface area contributed by atoms with Gasteiger partial charge in [-0.1, -0.05) is 18.2 Å². The summed E-state index contributed by atoms with van der Waals surface area (Å²) in [6, 6.07) is 11.6. The fraction of sp³-hybridized carbons (Fsp3) is 0.389.